The van der Waals surface area contributed by atoms with E-state index in [2.05, 4.69) is 10.6 Å². The molecule has 0 aliphatic carbocycles. The lowest BCUT2D eigenvalue weighted by Gasteiger charge is -2.30. The van der Waals surface area contributed by atoms with Crippen molar-refractivity contribution < 1.29 is 19.1 Å². The molecule has 0 saturated carbocycles. The highest BCUT2D eigenvalue weighted by molar-refractivity contribution is 7.59. The van der Waals surface area contributed by atoms with Gasteiger partial charge in [0, 0.05) is 5.38 Å². The first-order valence-corrected chi connectivity index (χ1v) is 8.98. The molecule has 1 aromatic heterocycles. The van der Waals surface area contributed by atoms with Crippen molar-refractivity contribution in [1.29, 1.82) is 0 Å². The number of thiophene rings is 1. The fourth-order valence-electron chi connectivity index (χ4n) is 2.60. The molecule has 1 aliphatic heterocycles. The molecule has 2 rings (SSSR count). The van der Waals surface area contributed by atoms with E-state index in [9.17, 15) is 14.4 Å². The summed E-state index contributed by atoms with van der Waals surface area (Å²) in [6, 6.07) is 1.01. The third-order valence-electron chi connectivity index (χ3n) is 4.35. The Balaban J connectivity index is 0.00000312. The molecule has 2 N–H and O–H groups in total. The van der Waals surface area contributed by atoms with Crippen LogP contribution in [0.1, 0.15) is 44.5 Å². The predicted molar refractivity (Wildman–Crippen MR) is 102 cm³/mol. The van der Waals surface area contributed by atoms with Crippen molar-refractivity contribution in [2.75, 3.05) is 6.61 Å². The Morgan fingerprint density at radius 2 is 2.12 bits per heavy atom. The van der Waals surface area contributed by atoms with Gasteiger partial charge in [0.1, 0.15) is 18.2 Å². The number of ketones is 1. The largest absolute Gasteiger partial charge is 0.368 e. The van der Waals surface area contributed by atoms with Gasteiger partial charge in [-0.25, -0.2) is 0 Å². The fourth-order valence-corrected chi connectivity index (χ4v) is 3.23. The smallest absolute Gasteiger partial charge is 0.252 e. The highest BCUT2D eigenvalue weighted by Gasteiger charge is 2.47. The van der Waals surface area contributed by atoms with Gasteiger partial charge in [0.2, 0.25) is 5.91 Å². The maximum atomic E-state index is 12.7. The van der Waals surface area contributed by atoms with Crippen LogP contribution in [0.5, 0.6) is 0 Å². The summed E-state index contributed by atoms with van der Waals surface area (Å²) in [5.74, 6) is -0.593. The van der Waals surface area contributed by atoms with Crippen LogP contribution in [-0.2, 0) is 14.3 Å². The van der Waals surface area contributed by atoms with Crippen LogP contribution >= 0.6 is 24.8 Å². The molecule has 1 aromatic rings. The standard InChI is InChI=1S/C17H24N2O4S.H2S/c1-10(2)7-13(18-15(21)12-5-6-24-9-12)16(22)19-17(4)11(3)23-8-14(17)20;/h5-6,9-11,13H,7-8H2,1-4H3,(H,18,21)(H,19,22);1H2/t11-,13+,17-;/m1./s1. The Morgan fingerprint density at radius 3 is 2.60 bits per heavy atom. The fraction of sp³-hybridized carbons (Fsp3) is 0.588. The summed E-state index contributed by atoms with van der Waals surface area (Å²) in [4.78, 5) is 37.0. The Hall–Kier alpha value is -1.38. The summed E-state index contributed by atoms with van der Waals surface area (Å²) in [6.07, 6.45) is 0.0857. The van der Waals surface area contributed by atoms with Crippen LogP contribution in [0.15, 0.2) is 16.8 Å². The van der Waals surface area contributed by atoms with Crippen molar-refractivity contribution in [3.05, 3.63) is 22.4 Å². The van der Waals surface area contributed by atoms with Crippen LogP contribution in [0, 0.1) is 5.92 Å². The first kappa shape index (κ1) is 21.7. The van der Waals surface area contributed by atoms with Crippen molar-refractivity contribution in [3.63, 3.8) is 0 Å². The average Bonchev–Trinajstić information content (AvgIpc) is 3.11. The monoisotopic (exact) mass is 386 g/mol. The second-order valence-electron chi connectivity index (χ2n) is 6.74. The zero-order valence-corrected chi connectivity index (χ0v) is 16.7. The SMILES string of the molecule is CC(C)C[C@H](NC(=O)c1ccsc1)C(=O)N[C@@]1(C)C(=O)CO[C@@H]1C.S. The van der Waals surface area contributed by atoms with E-state index in [0.717, 1.165) is 0 Å². The van der Waals surface area contributed by atoms with E-state index in [1.54, 1.807) is 25.3 Å². The van der Waals surface area contributed by atoms with Crippen molar-refractivity contribution in [2.45, 2.75) is 51.8 Å². The summed E-state index contributed by atoms with van der Waals surface area (Å²) < 4.78 is 5.33. The van der Waals surface area contributed by atoms with Crippen LogP contribution in [0.25, 0.3) is 0 Å². The molecule has 0 unspecified atom stereocenters. The minimum atomic E-state index is -1.06. The summed E-state index contributed by atoms with van der Waals surface area (Å²) in [6.45, 7) is 7.37. The van der Waals surface area contributed by atoms with Crippen molar-refractivity contribution in [1.82, 2.24) is 10.6 Å². The second kappa shape index (κ2) is 8.82. The van der Waals surface area contributed by atoms with Gasteiger partial charge in [-0.2, -0.15) is 24.8 Å². The maximum absolute atomic E-state index is 12.7. The van der Waals surface area contributed by atoms with Gasteiger partial charge in [-0.05, 0) is 37.6 Å². The highest BCUT2D eigenvalue weighted by Crippen LogP contribution is 2.22. The van der Waals surface area contributed by atoms with Gasteiger partial charge < -0.3 is 15.4 Å². The quantitative estimate of drug-likeness (QED) is 0.782. The topological polar surface area (TPSA) is 84.5 Å². The minimum absolute atomic E-state index is 0. The molecule has 0 spiro atoms. The molecule has 0 aromatic carbocycles. The number of ether oxygens (including phenoxy) is 1. The van der Waals surface area contributed by atoms with Crippen LogP contribution in [0.4, 0.5) is 0 Å². The number of amides is 2. The normalized spacial score (nSPS) is 23.9. The van der Waals surface area contributed by atoms with Crippen molar-refractivity contribution in [2.24, 2.45) is 5.92 Å². The molecular weight excluding hydrogens is 360 g/mol. The van der Waals surface area contributed by atoms with Crippen LogP contribution in [0.2, 0.25) is 0 Å². The third-order valence-corrected chi connectivity index (χ3v) is 5.04. The molecule has 8 heteroatoms. The molecule has 2 amide bonds. The van der Waals surface area contributed by atoms with E-state index >= 15 is 0 Å². The first-order valence-electron chi connectivity index (χ1n) is 8.04. The molecule has 2 heterocycles. The first-order chi connectivity index (χ1) is 11.2. The van der Waals surface area contributed by atoms with Gasteiger partial charge >= 0.3 is 0 Å². The molecule has 1 saturated heterocycles. The summed E-state index contributed by atoms with van der Waals surface area (Å²) in [5, 5.41) is 9.10. The molecule has 1 fully saturated rings. The lowest BCUT2D eigenvalue weighted by molar-refractivity contribution is -0.130. The number of nitrogens with one attached hydrogen (secondary N) is 2. The Bertz CT molecular complexity index is 618. The van der Waals surface area contributed by atoms with E-state index in [4.69, 9.17) is 4.74 Å². The van der Waals surface area contributed by atoms with Crippen molar-refractivity contribution in [3.8, 4) is 0 Å². The molecule has 3 atom stereocenters. The van der Waals surface area contributed by atoms with Gasteiger partial charge in [0.25, 0.3) is 5.91 Å². The van der Waals surface area contributed by atoms with E-state index in [1.165, 1.54) is 11.3 Å². The molecule has 0 bridgehead atoms. The van der Waals surface area contributed by atoms with E-state index in [1.807, 2.05) is 19.2 Å². The maximum Gasteiger partial charge on any atom is 0.252 e. The number of hydrogen-bond donors (Lipinski definition) is 2. The van der Waals surface area contributed by atoms with E-state index < -0.39 is 17.7 Å². The van der Waals surface area contributed by atoms with Gasteiger partial charge in [0.05, 0.1) is 11.7 Å². The summed E-state index contributed by atoms with van der Waals surface area (Å²) >= 11 is 1.42. The number of carbonyl (C=O) groups is 3. The number of rotatable bonds is 6. The second-order valence-corrected chi connectivity index (χ2v) is 7.52. The minimum Gasteiger partial charge on any atom is -0.368 e. The summed E-state index contributed by atoms with van der Waals surface area (Å²) in [7, 11) is 0. The molecule has 6 nitrogen and oxygen atoms in total. The Kier molecular flexibility index (Phi) is 7.64. The zero-order valence-electron chi connectivity index (χ0n) is 14.9. The zero-order chi connectivity index (χ0) is 17.9. The predicted octanol–water partition coefficient (Wildman–Crippen LogP) is 1.87. The van der Waals surface area contributed by atoms with E-state index in [-0.39, 0.29) is 43.6 Å². The van der Waals surface area contributed by atoms with Gasteiger partial charge in [-0.1, -0.05) is 13.8 Å². The Labute approximate surface area is 159 Å². The molecule has 0 radical (unpaired) electrons. The molecule has 140 valence electrons. The van der Waals surface area contributed by atoms with Crippen LogP contribution in [0.3, 0.4) is 0 Å². The number of hydrogen-bond acceptors (Lipinski definition) is 5. The van der Waals surface area contributed by atoms with Gasteiger partial charge in [-0.3, -0.25) is 14.4 Å². The van der Waals surface area contributed by atoms with Gasteiger partial charge in [-0.15, -0.1) is 0 Å². The van der Waals surface area contributed by atoms with Gasteiger partial charge in [0.15, 0.2) is 5.78 Å². The number of Topliss-reactive ketones (excluding diaryl/α,β-unsaturated/α-hetero) is 1. The van der Waals surface area contributed by atoms with Crippen LogP contribution in [-0.4, -0.2) is 41.9 Å². The lowest BCUT2D eigenvalue weighted by Crippen LogP contribution is -2.60. The molecule has 1 aliphatic rings. The van der Waals surface area contributed by atoms with E-state index in [0.29, 0.717) is 12.0 Å². The number of carbonyl (C=O) groups excluding carboxylic acids is 3. The Morgan fingerprint density at radius 1 is 1.44 bits per heavy atom. The van der Waals surface area contributed by atoms with Crippen LogP contribution < -0.4 is 10.6 Å². The van der Waals surface area contributed by atoms with Crippen molar-refractivity contribution >= 4 is 42.4 Å². The average molecular weight is 387 g/mol. The molecule has 25 heavy (non-hydrogen) atoms. The lowest BCUT2D eigenvalue weighted by atomic mass is 9.92. The summed E-state index contributed by atoms with van der Waals surface area (Å²) in [5.41, 5.74) is -0.527. The molecular formula is C17H26N2O4S2. The highest BCUT2D eigenvalue weighted by atomic mass is 32.1. The third kappa shape index (κ3) is 5.05.